The van der Waals surface area contributed by atoms with Crippen molar-refractivity contribution in [3.8, 4) is 0 Å². The van der Waals surface area contributed by atoms with E-state index in [4.69, 9.17) is 4.74 Å². The van der Waals surface area contributed by atoms with Crippen LogP contribution in [0.5, 0.6) is 0 Å². The summed E-state index contributed by atoms with van der Waals surface area (Å²) in [6.07, 6.45) is 10.6. The quantitative estimate of drug-likeness (QED) is 0.923. The molecule has 2 saturated carbocycles. The number of nitrogens with one attached hydrogen (secondary N) is 1. The molecule has 0 aromatic carbocycles. The first kappa shape index (κ1) is 15.9. The smallest absolute Gasteiger partial charge is 0.324 e. The topological polar surface area (TPSA) is 72.3 Å². The Hall–Kier alpha value is -1.63. The third kappa shape index (κ3) is 3.55. The normalized spacial score (nSPS) is 28.8. The van der Waals surface area contributed by atoms with Crippen LogP contribution in [0, 0.1) is 5.92 Å². The van der Waals surface area contributed by atoms with Crippen LogP contribution in [0.3, 0.4) is 0 Å². The van der Waals surface area contributed by atoms with Gasteiger partial charge in [-0.1, -0.05) is 19.3 Å². The largest absolute Gasteiger partial charge is 0.371 e. The zero-order valence-electron chi connectivity index (χ0n) is 14.4. The Morgan fingerprint density at radius 2 is 2.00 bits per heavy atom. The van der Waals surface area contributed by atoms with E-state index < -0.39 is 0 Å². The number of urea groups is 1. The Kier molecular flexibility index (Phi) is 4.43. The van der Waals surface area contributed by atoms with Gasteiger partial charge in [-0.2, -0.15) is 0 Å². The third-order valence-electron chi connectivity index (χ3n) is 5.40. The number of rotatable bonds is 3. The van der Waals surface area contributed by atoms with E-state index in [9.17, 15) is 4.79 Å². The van der Waals surface area contributed by atoms with Gasteiger partial charge in [-0.25, -0.2) is 14.5 Å². The molecule has 2 aliphatic carbocycles. The summed E-state index contributed by atoms with van der Waals surface area (Å²) in [5.74, 6) is 1.04. The molecule has 1 saturated heterocycles. The molecule has 7 nitrogen and oxygen atoms in total. The van der Waals surface area contributed by atoms with Gasteiger partial charge in [0.1, 0.15) is 6.33 Å². The highest BCUT2D eigenvalue weighted by atomic mass is 16.5. The minimum Gasteiger partial charge on any atom is -0.371 e. The van der Waals surface area contributed by atoms with Gasteiger partial charge in [-0.3, -0.25) is 5.32 Å². The van der Waals surface area contributed by atoms with Crippen molar-refractivity contribution in [3.63, 3.8) is 0 Å². The highest BCUT2D eigenvalue weighted by Crippen LogP contribution is 2.36. The number of nitrogens with zero attached hydrogens (tertiary/aromatic N) is 4. The second-order valence-corrected chi connectivity index (χ2v) is 7.50. The van der Waals surface area contributed by atoms with Crippen LogP contribution in [0.15, 0.2) is 6.33 Å². The fourth-order valence-corrected chi connectivity index (χ4v) is 3.91. The lowest BCUT2D eigenvalue weighted by molar-refractivity contribution is -0.0718. The van der Waals surface area contributed by atoms with Crippen molar-refractivity contribution in [2.45, 2.75) is 70.1 Å². The van der Waals surface area contributed by atoms with Crippen LogP contribution >= 0.6 is 0 Å². The Labute approximate surface area is 142 Å². The van der Waals surface area contributed by atoms with E-state index in [0.717, 1.165) is 12.8 Å². The van der Waals surface area contributed by atoms with E-state index in [1.165, 1.54) is 32.1 Å². The Bertz CT molecular complexity index is 579. The molecular weight excluding hydrogens is 306 g/mol. The number of carbonyl (C=O) groups is 1. The molecule has 1 aliphatic heterocycles. The number of aromatic nitrogens is 3. The number of hydrogen-bond acceptors (Lipinski definition) is 4. The second-order valence-electron chi connectivity index (χ2n) is 7.50. The Balaban J connectivity index is 1.36. The molecule has 2 heterocycles. The van der Waals surface area contributed by atoms with Crippen LogP contribution in [0.25, 0.3) is 0 Å². The first-order valence-electron chi connectivity index (χ1n) is 9.31. The Morgan fingerprint density at radius 1 is 1.21 bits per heavy atom. The summed E-state index contributed by atoms with van der Waals surface area (Å²) in [5.41, 5.74) is 0. The van der Waals surface area contributed by atoms with Gasteiger partial charge in [-0.15, -0.1) is 5.10 Å². The average molecular weight is 333 g/mol. The number of morpholine rings is 1. The lowest BCUT2D eigenvalue weighted by Gasteiger charge is -2.36. The second kappa shape index (κ2) is 6.70. The Morgan fingerprint density at radius 3 is 2.75 bits per heavy atom. The maximum absolute atomic E-state index is 12.6. The molecule has 3 aliphatic rings. The summed E-state index contributed by atoms with van der Waals surface area (Å²) in [5, 5.41) is 7.33. The highest BCUT2D eigenvalue weighted by molar-refractivity contribution is 5.87. The number of amides is 2. The SMILES string of the molecule is C[C@@H]1CN(C(=O)Nc2ncn(C3CCCCC3)n2)C[C@@H](C2CC2)O1. The van der Waals surface area contributed by atoms with E-state index in [0.29, 0.717) is 31.0 Å². The summed E-state index contributed by atoms with van der Waals surface area (Å²) < 4.78 is 7.89. The number of anilines is 1. The number of ether oxygens (including phenoxy) is 1. The average Bonchev–Trinajstić information content (AvgIpc) is 3.35. The molecule has 1 N–H and O–H groups in total. The maximum Gasteiger partial charge on any atom is 0.324 e. The molecule has 2 atom stereocenters. The van der Waals surface area contributed by atoms with Crippen molar-refractivity contribution in [1.82, 2.24) is 19.7 Å². The van der Waals surface area contributed by atoms with Crippen LogP contribution in [0.2, 0.25) is 0 Å². The fourth-order valence-electron chi connectivity index (χ4n) is 3.91. The third-order valence-corrected chi connectivity index (χ3v) is 5.40. The first-order valence-corrected chi connectivity index (χ1v) is 9.31. The minimum atomic E-state index is -0.114. The molecular formula is C17H27N5O2. The molecule has 0 unspecified atom stereocenters. The van der Waals surface area contributed by atoms with Crippen molar-refractivity contribution in [3.05, 3.63) is 6.33 Å². The van der Waals surface area contributed by atoms with E-state index in [2.05, 4.69) is 15.4 Å². The summed E-state index contributed by atoms with van der Waals surface area (Å²) in [7, 11) is 0. The van der Waals surface area contributed by atoms with Gasteiger partial charge >= 0.3 is 6.03 Å². The maximum atomic E-state index is 12.6. The van der Waals surface area contributed by atoms with Gasteiger partial charge in [0, 0.05) is 13.1 Å². The predicted octanol–water partition coefficient (Wildman–Crippen LogP) is 2.81. The monoisotopic (exact) mass is 333 g/mol. The predicted molar refractivity (Wildman–Crippen MR) is 89.8 cm³/mol. The number of carbonyl (C=O) groups excluding carboxylic acids is 1. The molecule has 2 amide bonds. The zero-order valence-corrected chi connectivity index (χ0v) is 14.4. The van der Waals surface area contributed by atoms with Gasteiger partial charge in [-0.05, 0) is 38.5 Å². The lowest BCUT2D eigenvalue weighted by Crippen LogP contribution is -2.51. The van der Waals surface area contributed by atoms with Gasteiger partial charge in [0.15, 0.2) is 0 Å². The minimum absolute atomic E-state index is 0.0860. The fraction of sp³-hybridized carbons (Fsp3) is 0.824. The van der Waals surface area contributed by atoms with Gasteiger partial charge in [0.05, 0.1) is 18.2 Å². The molecule has 1 aromatic rings. The molecule has 7 heteroatoms. The van der Waals surface area contributed by atoms with Gasteiger partial charge in [0.2, 0.25) is 5.95 Å². The van der Waals surface area contributed by atoms with Crippen molar-refractivity contribution in [1.29, 1.82) is 0 Å². The number of hydrogen-bond donors (Lipinski definition) is 1. The van der Waals surface area contributed by atoms with Crippen LogP contribution in [0.1, 0.15) is 57.9 Å². The van der Waals surface area contributed by atoms with E-state index in [-0.39, 0.29) is 18.2 Å². The summed E-state index contributed by atoms with van der Waals surface area (Å²) in [4.78, 5) is 18.7. The molecule has 0 spiro atoms. The van der Waals surface area contributed by atoms with E-state index in [1.807, 2.05) is 16.5 Å². The standard InChI is InChI=1S/C17H27N5O2/c1-12-9-21(10-15(24-12)13-7-8-13)17(23)19-16-18-11-22(20-16)14-5-3-2-4-6-14/h11-15H,2-10H2,1H3,(H,19,20,23)/t12-,15+/m1/s1. The van der Waals surface area contributed by atoms with Crippen molar-refractivity contribution in [2.24, 2.45) is 5.92 Å². The summed E-state index contributed by atoms with van der Waals surface area (Å²) >= 11 is 0. The van der Waals surface area contributed by atoms with Crippen LogP contribution in [-0.2, 0) is 4.74 Å². The highest BCUT2D eigenvalue weighted by Gasteiger charge is 2.38. The summed E-state index contributed by atoms with van der Waals surface area (Å²) in [6.45, 7) is 3.33. The van der Waals surface area contributed by atoms with E-state index in [1.54, 1.807) is 6.33 Å². The molecule has 4 rings (SSSR count). The van der Waals surface area contributed by atoms with Gasteiger partial charge in [0.25, 0.3) is 0 Å². The molecule has 0 radical (unpaired) electrons. The lowest BCUT2D eigenvalue weighted by atomic mass is 9.96. The molecule has 132 valence electrons. The zero-order chi connectivity index (χ0) is 16.5. The summed E-state index contributed by atoms with van der Waals surface area (Å²) in [6, 6.07) is 0.316. The van der Waals surface area contributed by atoms with E-state index >= 15 is 0 Å². The molecule has 24 heavy (non-hydrogen) atoms. The van der Waals surface area contributed by atoms with Crippen LogP contribution in [-0.4, -0.2) is 51.0 Å². The van der Waals surface area contributed by atoms with Crippen LogP contribution in [0.4, 0.5) is 10.7 Å². The molecule has 1 aromatic heterocycles. The molecule has 3 fully saturated rings. The molecule has 0 bridgehead atoms. The van der Waals surface area contributed by atoms with Crippen LogP contribution < -0.4 is 5.32 Å². The van der Waals surface area contributed by atoms with Gasteiger partial charge < -0.3 is 9.64 Å². The van der Waals surface area contributed by atoms with Crippen molar-refractivity contribution < 1.29 is 9.53 Å². The van der Waals surface area contributed by atoms with Crippen molar-refractivity contribution >= 4 is 12.0 Å². The van der Waals surface area contributed by atoms with Crippen molar-refractivity contribution in [2.75, 3.05) is 18.4 Å². The first-order chi connectivity index (χ1) is 11.7.